The van der Waals surface area contributed by atoms with Crippen LogP contribution in [0.25, 0.3) is 11.7 Å². The van der Waals surface area contributed by atoms with Crippen LogP contribution in [-0.4, -0.2) is 45.8 Å². The number of carbonyl (C=O) groups excluding carboxylic acids is 2. The first-order valence-electron chi connectivity index (χ1n) is 7.21. The minimum absolute atomic E-state index is 0.0179. The largest absolute Gasteiger partial charge is 0.459 e. The molecule has 2 aromatic heterocycles. The lowest BCUT2D eigenvalue weighted by Gasteiger charge is -2.30. The van der Waals surface area contributed by atoms with Crippen molar-refractivity contribution in [2.45, 2.75) is 18.1 Å². The zero-order valence-electron chi connectivity index (χ0n) is 12.3. The Hall–Kier alpha value is -2.29. The van der Waals surface area contributed by atoms with E-state index in [4.69, 9.17) is 14.6 Å². The Labute approximate surface area is 136 Å². The summed E-state index contributed by atoms with van der Waals surface area (Å²) in [5, 5.41) is 8.07. The van der Waals surface area contributed by atoms with Crippen LogP contribution in [-0.2, 0) is 9.59 Å². The number of nitrogens with two attached hydrogens (primary N) is 1. The molecule has 2 amide bonds. The Morgan fingerprint density at radius 2 is 2.13 bits per heavy atom. The molecule has 2 aromatic rings. The summed E-state index contributed by atoms with van der Waals surface area (Å²) < 4.78 is 10.6. The van der Waals surface area contributed by atoms with Crippen molar-refractivity contribution in [3.63, 3.8) is 0 Å². The van der Waals surface area contributed by atoms with Gasteiger partial charge in [-0.2, -0.15) is 0 Å². The van der Waals surface area contributed by atoms with Crippen molar-refractivity contribution in [3.05, 3.63) is 18.4 Å². The maximum atomic E-state index is 12.2. The van der Waals surface area contributed by atoms with E-state index in [0.29, 0.717) is 36.9 Å². The Morgan fingerprint density at radius 1 is 1.35 bits per heavy atom. The summed E-state index contributed by atoms with van der Waals surface area (Å²) in [6, 6.07) is 3.45. The second-order valence-corrected chi connectivity index (χ2v) is 6.12. The summed E-state index contributed by atoms with van der Waals surface area (Å²) in [5.41, 5.74) is 5.28. The molecule has 0 spiro atoms. The van der Waals surface area contributed by atoms with E-state index in [0.717, 1.165) is 0 Å². The van der Waals surface area contributed by atoms with Crippen molar-refractivity contribution in [1.29, 1.82) is 0 Å². The first-order valence-corrected chi connectivity index (χ1v) is 8.19. The van der Waals surface area contributed by atoms with Gasteiger partial charge in [0.05, 0.1) is 12.0 Å². The van der Waals surface area contributed by atoms with Gasteiger partial charge in [0.25, 0.3) is 11.1 Å². The molecule has 8 nitrogen and oxygen atoms in total. The fourth-order valence-electron chi connectivity index (χ4n) is 2.40. The van der Waals surface area contributed by atoms with Crippen LogP contribution in [0.3, 0.4) is 0 Å². The molecule has 0 radical (unpaired) electrons. The third kappa shape index (κ3) is 3.73. The van der Waals surface area contributed by atoms with Crippen LogP contribution in [0.2, 0.25) is 0 Å². The number of hydrogen-bond donors (Lipinski definition) is 1. The van der Waals surface area contributed by atoms with Crippen molar-refractivity contribution in [2.75, 3.05) is 18.8 Å². The summed E-state index contributed by atoms with van der Waals surface area (Å²) in [6.07, 6.45) is 2.76. The number of nitrogens with zero attached hydrogens (tertiary/aromatic N) is 3. The van der Waals surface area contributed by atoms with Gasteiger partial charge in [0.1, 0.15) is 0 Å². The normalized spacial score (nSPS) is 15.7. The summed E-state index contributed by atoms with van der Waals surface area (Å²) in [4.78, 5) is 25.0. The van der Waals surface area contributed by atoms with Crippen LogP contribution in [0, 0.1) is 5.92 Å². The topological polar surface area (TPSA) is 115 Å². The van der Waals surface area contributed by atoms with Crippen LogP contribution in [0.4, 0.5) is 0 Å². The number of rotatable bonds is 5. The van der Waals surface area contributed by atoms with E-state index in [1.165, 1.54) is 18.0 Å². The van der Waals surface area contributed by atoms with Gasteiger partial charge >= 0.3 is 0 Å². The van der Waals surface area contributed by atoms with Crippen molar-refractivity contribution in [2.24, 2.45) is 11.7 Å². The predicted molar refractivity (Wildman–Crippen MR) is 81.2 cm³/mol. The van der Waals surface area contributed by atoms with Gasteiger partial charge in [0, 0.05) is 19.0 Å². The molecule has 0 bridgehead atoms. The van der Waals surface area contributed by atoms with E-state index in [2.05, 4.69) is 10.2 Å². The molecule has 23 heavy (non-hydrogen) atoms. The van der Waals surface area contributed by atoms with E-state index in [-0.39, 0.29) is 29.4 Å². The molecule has 0 atom stereocenters. The molecule has 1 aliphatic rings. The molecule has 1 aliphatic heterocycles. The number of piperidine rings is 1. The average Bonchev–Trinajstić information content (AvgIpc) is 3.23. The Morgan fingerprint density at radius 3 is 2.78 bits per heavy atom. The third-order valence-corrected chi connectivity index (χ3v) is 4.51. The van der Waals surface area contributed by atoms with Gasteiger partial charge in [-0.15, -0.1) is 10.2 Å². The maximum absolute atomic E-state index is 12.2. The monoisotopic (exact) mass is 336 g/mol. The molecule has 1 saturated heterocycles. The van der Waals surface area contributed by atoms with Crippen LogP contribution in [0.1, 0.15) is 12.8 Å². The minimum Gasteiger partial charge on any atom is -0.459 e. The Balaban J connectivity index is 1.49. The number of furan rings is 1. The smallest absolute Gasteiger partial charge is 0.284 e. The SMILES string of the molecule is NC(=O)C1CCN(C(=O)CSc2nnc(-c3ccco3)o2)CC1. The van der Waals surface area contributed by atoms with Gasteiger partial charge < -0.3 is 19.5 Å². The Bertz CT molecular complexity index is 677. The predicted octanol–water partition coefficient (Wildman–Crippen LogP) is 1.15. The molecule has 122 valence electrons. The molecule has 2 N–H and O–H groups in total. The van der Waals surface area contributed by atoms with Crippen LogP contribution < -0.4 is 5.73 Å². The fraction of sp³-hybridized carbons (Fsp3) is 0.429. The number of carbonyl (C=O) groups is 2. The van der Waals surface area contributed by atoms with Crippen LogP contribution >= 0.6 is 11.8 Å². The molecule has 3 heterocycles. The molecule has 0 saturated carbocycles. The van der Waals surface area contributed by atoms with Crippen LogP contribution in [0.15, 0.2) is 32.5 Å². The molecule has 9 heteroatoms. The first kappa shape index (κ1) is 15.6. The summed E-state index contributed by atoms with van der Waals surface area (Å²) >= 11 is 1.18. The molecule has 0 aromatic carbocycles. The van der Waals surface area contributed by atoms with Crippen molar-refractivity contribution < 1.29 is 18.4 Å². The lowest BCUT2D eigenvalue weighted by Crippen LogP contribution is -2.42. The number of primary amides is 1. The lowest BCUT2D eigenvalue weighted by atomic mass is 9.96. The highest BCUT2D eigenvalue weighted by Gasteiger charge is 2.26. The number of hydrogen-bond acceptors (Lipinski definition) is 7. The van der Waals surface area contributed by atoms with Gasteiger partial charge in [-0.05, 0) is 25.0 Å². The highest BCUT2D eigenvalue weighted by molar-refractivity contribution is 7.99. The van der Waals surface area contributed by atoms with E-state index >= 15 is 0 Å². The molecular weight excluding hydrogens is 320 g/mol. The summed E-state index contributed by atoms with van der Waals surface area (Å²) in [6.45, 7) is 1.10. The second kappa shape index (κ2) is 6.86. The highest BCUT2D eigenvalue weighted by atomic mass is 32.2. The molecule has 0 unspecified atom stereocenters. The number of thioether (sulfide) groups is 1. The van der Waals surface area contributed by atoms with E-state index in [9.17, 15) is 9.59 Å². The first-order chi connectivity index (χ1) is 11.1. The van der Waals surface area contributed by atoms with Gasteiger partial charge in [0.15, 0.2) is 5.76 Å². The van der Waals surface area contributed by atoms with E-state index in [1.54, 1.807) is 17.0 Å². The number of likely N-dealkylation sites (tertiary alicyclic amines) is 1. The van der Waals surface area contributed by atoms with Crippen molar-refractivity contribution in [1.82, 2.24) is 15.1 Å². The van der Waals surface area contributed by atoms with Gasteiger partial charge in [-0.25, -0.2) is 0 Å². The zero-order valence-corrected chi connectivity index (χ0v) is 13.1. The number of aromatic nitrogens is 2. The van der Waals surface area contributed by atoms with E-state index < -0.39 is 0 Å². The van der Waals surface area contributed by atoms with Crippen molar-refractivity contribution >= 4 is 23.6 Å². The van der Waals surface area contributed by atoms with Gasteiger partial charge in [0.2, 0.25) is 11.8 Å². The Kier molecular flexibility index (Phi) is 4.65. The standard InChI is InChI=1S/C14H16N4O4S/c15-12(20)9-3-5-18(6-4-9)11(19)8-23-14-17-16-13(22-14)10-2-1-7-21-10/h1-2,7,9H,3-6,8H2,(H2,15,20). The maximum Gasteiger partial charge on any atom is 0.284 e. The number of amides is 2. The molecule has 0 aliphatic carbocycles. The van der Waals surface area contributed by atoms with Crippen molar-refractivity contribution in [3.8, 4) is 11.7 Å². The summed E-state index contributed by atoms with van der Waals surface area (Å²) in [7, 11) is 0. The molecule has 1 fully saturated rings. The third-order valence-electron chi connectivity index (χ3n) is 3.71. The summed E-state index contributed by atoms with van der Waals surface area (Å²) in [5.74, 6) is 0.550. The quantitative estimate of drug-likeness (QED) is 0.814. The zero-order chi connectivity index (χ0) is 16.2. The molecular formula is C14H16N4O4S. The van der Waals surface area contributed by atoms with Crippen LogP contribution in [0.5, 0.6) is 0 Å². The average molecular weight is 336 g/mol. The fourth-order valence-corrected chi connectivity index (χ4v) is 3.06. The van der Waals surface area contributed by atoms with Gasteiger partial charge in [-0.1, -0.05) is 11.8 Å². The van der Waals surface area contributed by atoms with Gasteiger partial charge in [-0.3, -0.25) is 9.59 Å². The molecule has 3 rings (SSSR count). The van der Waals surface area contributed by atoms with E-state index in [1.807, 2.05) is 0 Å². The lowest BCUT2D eigenvalue weighted by molar-refractivity contribution is -0.132. The highest BCUT2D eigenvalue weighted by Crippen LogP contribution is 2.24. The second-order valence-electron chi connectivity index (χ2n) is 5.20. The minimum atomic E-state index is -0.289.